The Bertz CT molecular complexity index is 649. The Morgan fingerprint density at radius 1 is 1.04 bits per heavy atom. The van der Waals surface area contributed by atoms with Crippen LogP contribution in [-0.2, 0) is 10.0 Å². The van der Waals surface area contributed by atoms with E-state index in [1.165, 1.54) is 30.8 Å². The van der Waals surface area contributed by atoms with Crippen molar-refractivity contribution in [3.05, 3.63) is 18.3 Å². The van der Waals surface area contributed by atoms with Gasteiger partial charge in [0.2, 0.25) is 10.0 Å². The van der Waals surface area contributed by atoms with Gasteiger partial charge in [-0.3, -0.25) is 0 Å². The molecule has 5 nitrogen and oxygen atoms in total. The van der Waals surface area contributed by atoms with Gasteiger partial charge in [-0.1, -0.05) is 18.6 Å². The molecule has 1 aromatic heterocycles. The summed E-state index contributed by atoms with van der Waals surface area (Å²) in [5.41, 5.74) is 0. The number of nitrogens with zero attached hydrogens (tertiary/aromatic N) is 3. The molecule has 0 saturated carbocycles. The largest absolute Gasteiger partial charge is 0.357 e. The third-order valence-corrected chi connectivity index (χ3v) is 7.49. The van der Waals surface area contributed by atoms with Crippen molar-refractivity contribution in [2.75, 3.05) is 26.2 Å². The Morgan fingerprint density at radius 2 is 1.70 bits per heavy atom. The van der Waals surface area contributed by atoms with Gasteiger partial charge in [-0.25, -0.2) is 13.4 Å². The minimum Gasteiger partial charge on any atom is -0.357 e. The van der Waals surface area contributed by atoms with E-state index < -0.39 is 10.0 Å². The molecule has 0 amide bonds. The minimum atomic E-state index is -3.40. The second-order valence-electron chi connectivity index (χ2n) is 5.86. The van der Waals surface area contributed by atoms with Crippen LogP contribution in [-0.4, -0.2) is 53.1 Å². The number of aromatic nitrogens is 1. The van der Waals surface area contributed by atoms with Gasteiger partial charge in [0.25, 0.3) is 0 Å². The zero-order valence-electron chi connectivity index (χ0n) is 13.0. The number of thiocarbonyl (C=S) groups is 1. The fourth-order valence-corrected chi connectivity index (χ4v) is 5.52. The molecule has 0 aromatic carbocycles. The van der Waals surface area contributed by atoms with Gasteiger partial charge in [0.15, 0.2) is 0 Å². The quantitative estimate of drug-likeness (QED) is 0.601. The molecule has 0 radical (unpaired) electrons. The Kier molecular flexibility index (Phi) is 5.56. The lowest BCUT2D eigenvalue weighted by atomic mass is 10.2. The van der Waals surface area contributed by atoms with Crippen LogP contribution < -0.4 is 0 Å². The van der Waals surface area contributed by atoms with Gasteiger partial charge in [-0.2, -0.15) is 4.31 Å². The van der Waals surface area contributed by atoms with E-state index in [4.69, 9.17) is 12.2 Å². The Labute approximate surface area is 147 Å². The predicted molar refractivity (Wildman–Crippen MR) is 96.1 cm³/mol. The molecule has 1 aromatic rings. The molecule has 2 fully saturated rings. The van der Waals surface area contributed by atoms with E-state index >= 15 is 0 Å². The van der Waals surface area contributed by atoms with Crippen LogP contribution in [0.3, 0.4) is 0 Å². The van der Waals surface area contributed by atoms with E-state index in [1.54, 1.807) is 16.4 Å². The standard InChI is InChI=1S/C15H21N3O2S3/c19-23(20,18-10-2-1-3-11-18)13-6-7-14(16-12-13)22-15(21)17-8-4-5-9-17/h6-7,12H,1-5,8-11H2. The molecule has 0 N–H and O–H groups in total. The molecular weight excluding hydrogens is 350 g/mol. The van der Waals surface area contributed by atoms with Crippen LogP contribution >= 0.6 is 24.0 Å². The third-order valence-electron chi connectivity index (χ3n) is 4.22. The zero-order valence-corrected chi connectivity index (χ0v) is 15.4. The highest BCUT2D eigenvalue weighted by molar-refractivity contribution is 8.22. The molecule has 0 spiro atoms. The van der Waals surface area contributed by atoms with Gasteiger partial charge in [0, 0.05) is 32.4 Å². The molecule has 0 atom stereocenters. The zero-order chi connectivity index (χ0) is 16.3. The van der Waals surface area contributed by atoms with Crippen LogP contribution in [0.1, 0.15) is 32.1 Å². The van der Waals surface area contributed by atoms with E-state index in [-0.39, 0.29) is 4.90 Å². The molecule has 0 bridgehead atoms. The average molecular weight is 372 g/mol. The van der Waals surface area contributed by atoms with Crippen LogP contribution in [0.15, 0.2) is 28.3 Å². The minimum absolute atomic E-state index is 0.274. The number of pyridine rings is 1. The summed E-state index contributed by atoms with van der Waals surface area (Å²) in [5, 5.41) is 0.750. The van der Waals surface area contributed by atoms with Crippen LogP contribution in [0.2, 0.25) is 0 Å². The maximum atomic E-state index is 12.6. The van der Waals surface area contributed by atoms with Crippen molar-refractivity contribution in [1.82, 2.24) is 14.2 Å². The normalized spacial score (nSPS) is 19.9. The maximum absolute atomic E-state index is 12.6. The number of thioether (sulfide) groups is 1. The first-order valence-electron chi connectivity index (χ1n) is 8.00. The van der Waals surface area contributed by atoms with E-state index in [0.717, 1.165) is 41.7 Å². The van der Waals surface area contributed by atoms with Gasteiger partial charge in [0.1, 0.15) is 14.2 Å². The highest BCUT2D eigenvalue weighted by Crippen LogP contribution is 2.25. The van der Waals surface area contributed by atoms with Crippen LogP contribution in [0.4, 0.5) is 0 Å². The first kappa shape index (κ1) is 17.1. The van der Waals surface area contributed by atoms with Crippen molar-refractivity contribution in [1.29, 1.82) is 0 Å². The van der Waals surface area contributed by atoms with E-state index in [9.17, 15) is 8.42 Å². The van der Waals surface area contributed by atoms with Gasteiger partial charge >= 0.3 is 0 Å². The lowest BCUT2D eigenvalue weighted by Gasteiger charge is -2.25. The smallest absolute Gasteiger partial charge is 0.244 e. The number of likely N-dealkylation sites (tertiary alicyclic amines) is 1. The fraction of sp³-hybridized carbons (Fsp3) is 0.600. The van der Waals surface area contributed by atoms with Crippen LogP contribution in [0.25, 0.3) is 0 Å². The summed E-state index contributed by atoms with van der Waals surface area (Å²) in [6, 6.07) is 3.40. The van der Waals surface area contributed by atoms with Gasteiger partial charge in [0.05, 0.1) is 0 Å². The van der Waals surface area contributed by atoms with Crippen LogP contribution in [0.5, 0.6) is 0 Å². The first-order valence-corrected chi connectivity index (χ1v) is 10.7. The van der Waals surface area contributed by atoms with Crippen molar-refractivity contribution in [2.45, 2.75) is 42.0 Å². The molecule has 2 aliphatic heterocycles. The van der Waals surface area contributed by atoms with Crippen LogP contribution in [0, 0.1) is 0 Å². The molecular formula is C15H21N3O2S3. The number of rotatable bonds is 3. The Morgan fingerprint density at radius 3 is 2.30 bits per heavy atom. The Balaban J connectivity index is 1.67. The van der Waals surface area contributed by atoms with E-state index in [0.29, 0.717) is 13.1 Å². The van der Waals surface area contributed by atoms with Crippen molar-refractivity contribution in [2.24, 2.45) is 0 Å². The van der Waals surface area contributed by atoms with E-state index in [1.807, 2.05) is 0 Å². The summed E-state index contributed by atoms with van der Waals surface area (Å²) in [5.74, 6) is 0. The fourth-order valence-electron chi connectivity index (χ4n) is 2.89. The summed E-state index contributed by atoms with van der Waals surface area (Å²) in [4.78, 5) is 6.75. The number of hydrogen-bond donors (Lipinski definition) is 0. The molecule has 8 heteroatoms. The van der Waals surface area contributed by atoms with Crippen molar-refractivity contribution >= 4 is 38.3 Å². The monoisotopic (exact) mass is 371 g/mol. The molecule has 2 aliphatic rings. The van der Waals surface area contributed by atoms with Gasteiger partial charge in [-0.15, -0.1) is 0 Å². The molecule has 3 heterocycles. The predicted octanol–water partition coefficient (Wildman–Crippen LogP) is 2.73. The highest BCUT2D eigenvalue weighted by Gasteiger charge is 2.26. The lowest BCUT2D eigenvalue weighted by Crippen LogP contribution is -2.35. The SMILES string of the molecule is O=S(=O)(c1ccc(SC(=S)N2CCCC2)nc1)N1CCCCC1. The summed E-state index contributed by atoms with van der Waals surface area (Å²) in [6.45, 7) is 3.23. The van der Waals surface area contributed by atoms with Crippen molar-refractivity contribution in [3.63, 3.8) is 0 Å². The second kappa shape index (κ2) is 7.46. The second-order valence-corrected chi connectivity index (χ2v) is 9.45. The molecule has 2 saturated heterocycles. The Hall–Kier alpha value is -0.700. The molecule has 126 valence electrons. The number of hydrogen-bond acceptors (Lipinski definition) is 5. The van der Waals surface area contributed by atoms with Gasteiger partial charge in [-0.05, 0) is 49.6 Å². The number of sulfonamides is 1. The summed E-state index contributed by atoms with van der Waals surface area (Å²) in [6.07, 6.45) is 6.80. The summed E-state index contributed by atoms with van der Waals surface area (Å²) in [7, 11) is -3.40. The van der Waals surface area contributed by atoms with E-state index in [2.05, 4.69) is 9.88 Å². The molecule has 23 heavy (non-hydrogen) atoms. The maximum Gasteiger partial charge on any atom is 0.244 e. The molecule has 0 aliphatic carbocycles. The van der Waals surface area contributed by atoms with Gasteiger partial charge < -0.3 is 4.90 Å². The lowest BCUT2D eigenvalue weighted by molar-refractivity contribution is 0.346. The molecule has 0 unspecified atom stereocenters. The van der Waals surface area contributed by atoms with Crippen molar-refractivity contribution < 1.29 is 8.42 Å². The summed E-state index contributed by atoms with van der Waals surface area (Å²) >= 11 is 6.86. The highest BCUT2D eigenvalue weighted by atomic mass is 32.2. The molecule has 3 rings (SSSR count). The average Bonchev–Trinajstić information content (AvgIpc) is 3.11. The topological polar surface area (TPSA) is 53.5 Å². The van der Waals surface area contributed by atoms with Crippen molar-refractivity contribution in [3.8, 4) is 0 Å². The number of piperidine rings is 1. The first-order chi connectivity index (χ1) is 11.1. The third kappa shape index (κ3) is 4.04. The summed E-state index contributed by atoms with van der Waals surface area (Å²) < 4.78 is 27.5.